The summed E-state index contributed by atoms with van der Waals surface area (Å²) in [5.74, 6) is 0. The predicted molar refractivity (Wildman–Crippen MR) is 75.2 cm³/mol. The largest absolute Gasteiger partial charge is 0.384 e. The molecule has 1 fully saturated rings. The van der Waals surface area contributed by atoms with E-state index in [4.69, 9.17) is 23.2 Å². The Bertz CT molecular complexity index is 362. The Morgan fingerprint density at radius 1 is 1.18 bits per heavy atom. The van der Waals surface area contributed by atoms with Crippen molar-refractivity contribution in [3.05, 3.63) is 28.2 Å². The molecule has 4 heteroatoms. The van der Waals surface area contributed by atoms with E-state index in [1.54, 1.807) is 6.07 Å². The van der Waals surface area contributed by atoms with Gasteiger partial charge in [-0.1, -0.05) is 29.3 Å². The summed E-state index contributed by atoms with van der Waals surface area (Å²) in [6.07, 6.45) is 3.85. The Hall–Kier alpha value is -0.440. The van der Waals surface area contributed by atoms with E-state index in [0.717, 1.165) is 18.7 Å². The lowest BCUT2D eigenvalue weighted by molar-refractivity contribution is 0.337. The molecule has 0 saturated carbocycles. The number of benzene rings is 1. The monoisotopic (exact) mass is 272 g/mol. The minimum Gasteiger partial charge on any atom is -0.384 e. The zero-order chi connectivity index (χ0) is 12.1. The first-order valence-electron chi connectivity index (χ1n) is 6.17. The number of halogens is 2. The van der Waals surface area contributed by atoms with Gasteiger partial charge in [0.1, 0.15) is 0 Å². The Morgan fingerprint density at radius 2 is 1.94 bits per heavy atom. The van der Waals surface area contributed by atoms with E-state index in [0.29, 0.717) is 10.0 Å². The standard InChI is InChI=1S/C13H18Cl2N2/c14-11-5-3-6-12(13(11)15)16-7-4-10-17-8-1-2-9-17/h3,5-6,16H,1-2,4,7-10H2. The molecule has 1 aliphatic heterocycles. The number of likely N-dealkylation sites (tertiary alicyclic amines) is 1. The van der Waals surface area contributed by atoms with Gasteiger partial charge in [-0.3, -0.25) is 0 Å². The average Bonchev–Trinajstić information content (AvgIpc) is 2.83. The van der Waals surface area contributed by atoms with E-state index in [1.165, 1.54) is 32.5 Å². The Kier molecular flexibility index (Phi) is 4.96. The molecule has 2 rings (SSSR count). The van der Waals surface area contributed by atoms with Gasteiger partial charge < -0.3 is 10.2 Å². The van der Waals surface area contributed by atoms with Crippen LogP contribution in [0.3, 0.4) is 0 Å². The molecule has 1 heterocycles. The van der Waals surface area contributed by atoms with Crippen LogP contribution >= 0.6 is 23.2 Å². The van der Waals surface area contributed by atoms with E-state index in [1.807, 2.05) is 12.1 Å². The summed E-state index contributed by atoms with van der Waals surface area (Å²) in [7, 11) is 0. The number of hydrogen-bond donors (Lipinski definition) is 1. The fourth-order valence-corrected chi connectivity index (χ4v) is 2.54. The minimum atomic E-state index is 0.608. The van der Waals surface area contributed by atoms with Crippen LogP contribution < -0.4 is 5.32 Å². The second-order valence-corrected chi connectivity index (χ2v) is 5.22. The van der Waals surface area contributed by atoms with Crippen LogP contribution in [0.5, 0.6) is 0 Å². The van der Waals surface area contributed by atoms with Crippen LogP contribution in [0.2, 0.25) is 10.0 Å². The molecular formula is C13H18Cl2N2. The smallest absolute Gasteiger partial charge is 0.0823 e. The van der Waals surface area contributed by atoms with E-state index < -0.39 is 0 Å². The highest BCUT2D eigenvalue weighted by Gasteiger charge is 2.10. The number of nitrogens with one attached hydrogen (secondary N) is 1. The van der Waals surface area contributed by atoms with Crippen molar-refractivity contribution in [3.8, 4) is 0 Å². The molecular weight excluding hydrogens is 255 g/mol. The van der Waals surface area contributed by atoms with Crippen LogP contribution in [0.25, 0.3) is 0 Å². The average molecular weight is 273 g/mol. The van der Waals surface area contributed by atoms with Crippen molar-refractivity contribution >= 4 is 28.9 Å². The number of anilines is 1. The van der Waals surface area contributed by atoms with Crippen molar-refractivity contribution in [1.82, 2.24) is 4.90 Å². The first-order valence-corrected chi connectivity index (χ1v) is 6.93. The van der Waals surface area contributed by atoms with E-state index in [-0.39, 0.29) is 0 Å². The summed E-state index contributed by atoms with van der Waals surface area (Å²) in [5, 5.41) is 4.56. The Labute approximate surface area is 113 Å². The van der Waals surface area contributed by atoms with Crippen molar-refractivity contribution in [2.24, 2.45) is 0 Å². The van der Waals surface area contributed by atoms with Gasteiger partial charge in [0.15, 0.2) is 0 Å². The van der Waals surface area contributed by atoms with E-state index >= 15 is 0 Å². The Balaban J connectivity index is 1.72. The predicted octanol–water partition coefficient (Wildman–Crippen LogP) is 3.89. The molecule has 17 heavy (non-hydrogen) atoms. The molecule has 0 amide bonds. The molecule has 94 valence electrons. The maximum absolute atomic E-state index is 6.09. The molecule has 0 aliphatic carbocycles. The summed E-state index contributed by atoms with van der Waals surface area (Å²) in [6, 6.07) is 5.68. The summed E-state index contributed by atoms with van der Waals surface area (Å²) < 4.78 is 0. The quantitative estimate of drug-likeness (QED) is 0.819. The Morgan fingerprint density at radius 3 is 2.71 bits per heavy atom. The second-order valence-electron chi connectivity index (χ2n) is 4.43. The van der Waals surface area contributed by atoms with Crippen LogP contribution in [0.4, 0.5) is 5.69 Å². The second kappa shape index (κ2) is 6.48. The van der Waals surface area contributed by atoms with Gasteiger partial charge in [0.2, 0.25) is 0 Å². The third kappa shape index (κ3) is 3.77. The normalized spacial score (nSPS) is 16.4. The summed E-state index contributed by atoms with van der Waals surface area (Å²) >= 11 is 12.0. The van der Waals surface area contributed by atoms with Crippen molar-refractivity contribution in [2.75, 3.05) is 31.5 Å². The van der Waals surface area contributed by atoms with Crippen molar-refractivity contribution in [2.45, 2.75) is 19.3 Å². The maximum Gasteiger partial charge on any atom is 0.0823 e. The number of hydrogen-bond acceptors (Lipinski definition) is 2. The molecule has 1 saturated heterocycles. The van der Waals surface area contributed by atoms with E-state index in [9.17, 15) is 0 Å². The lowest BCUT2D eigenvalue weighted by Crippen LogP contribution is -2.22. The lowest BCUT2D eigenvalue weighted by atomic mass is 10.3. The fraction of sp³-hybridized carbons (Fsp3) is 0.538. The van der Waals surface area contributed by atoms with Gasteiger partial charge in [-0.05, 0) is 51.0 Å². The van der Waals surface area contributed by atoms with Gasteiger partial charge in [-0.2, -0.15) is 0 Å². The van der Waals surface area contributed by atoms with Gasteiger partial charge >= 0.3 is 0 Å². The molecule has 1 aromatic rings. The highest BCUT2D eigenvalue weighted by molar-refractivity contribution is 6.43. The molecule has 0 unspecified atom stereocenters. The highest BCUT2D eigenvalue weighted by Crippen LogP contribution is 2.29. The first kappa shape index (κ1) is 13.0. The van der Waals surface area contributed by atoms with Crippen LogP contribution in [-0.2, 0) is 0 Å². The summed E-state index contributed by atoms with van der Waals surface area (Å²) in [4.78, 5) is 2.52. The van der Waals surface area contributed by atoms with Crippen molar-refractivity contribution in [1.29, 1.82) is 0 Å². The zero-order valence-electron chi connectivity index (χ0n) is 9.88. The van der Waals surface area contributed by atoms with Gasteiger partial charge in [-0.15, -0.1) is 0 Å². The lowest BCUT2D eigenvalue weighted by Gasteiger charge is -2.15. The van der Waals surface area contributed by atoms with Crippen molar-refractivity contribution < 1.29 is 0 Å². The SMILES string of the molecule is Clc1cccc(NCCCN2CCCC2)c1Cl. The van der Waals surface area contributed by atoms with Crippen LogP contribution in [0.15, 0.2) is 18.2 Å². The third-order valence-electron chi connectivity index (χ3n) is 3.12. The molecule has 1 N–H and O–H groups in total. The van der Waals surface area contributed by atoms with Crippen molar-refractivity contribution in [3.63, 3.8) is 0 Å². The fourth-order valence-electron chi connectivity index (χ4n) is 2.17. The van der Waals surface area contributed by atoms with Crippen LogP contribution in [-0.4, -0.2) is 31.1 Å². The maximum atomic E-state index is 6.09. The molecule has 1 aromatic carbocycles. The molecule has 0 radical (unpaired) electrons. The topological polar surface area (TPSA) is 15.3 Å². The first-order chi connectivity index (χ1) is 8.27. The van der Waals surface area contributed by atoms with Crippen LogP contribution in [0, 0.1) is 0 Å². The van der Waals surface area contributed by atoms with Gasteiger partial charge in [-0.25, -0.2) is 0 Å². The van der Waals surface area contributed by atoms with Crippen LogP contribution in [0.1, 0.15) is 19.3 Å². The van der Waals surface area contributed by atoms with Gasteiger partial charge in [0, 0.05) is 6.54 Å². The minimum absolute atomic E-state index is 0.608. The molecule has 0 bridgehead atoms. The van der Waals surface area contributed by atoms with E-state index in [2.05, 4.69) is 10.2 Å². The molecule has 0 aromatic heterocycles. The summed E-state index contributed by atoms with van der Waals surface area (Å²) in [5.41, 5.74) is 0.931. The summed E-state index contributed by atoms with van der Waals surface area (Å²) in [6.45, 7) is 4.64. The molecule has 1 aliphatic rings. The molecule has 2 nitrogen and oxygen atoms in total. The van der Waals surface area contributed by atoms with Gasteiger partial charge in [0.25, 0.3) is 0 Å². The number of nitrogens with zero attached hydrogens (tertiary/aromatic N) is 1. The number of rotatable bonds is 5. The third-order valence-corrected chi connectivity index (χ3v) is 3.94. The van der Waals surface area contributed by atoms with Gasteiger partial charge in [0.05, 0.1) is 15.7 Å². The zero-order valence-corrected chi connectivity index (χ0v) is 11.4. The molecule has 0 spiro atoms. The highest BCUT2D eigenvalue weighted by atomic mass is 35.5. The molecule has 0 atom stereocenters.